The fraction of sp³-hybridized carbons (Fsp3) is 0.333. The van der Waals surface area contributed by atoms with Crippen molar-refractivity contribution in [2.24, 2.45) is 0 Å². The van der Waals surface area contributed by atoms with Gasteiger partial charge in [-0.3, -0.25) is 4.79 Å². The number of hydrogen-bond acceptors (Lipinski definition) is 3. The van der Waals surface area contributed by atoms with Crippen molar-refractivity contribution in [2.75, 3.05) is 0 Å². The third-order valence-corrected chi connectivity index (χ3v) is 2.22. The summed E-state index contributed by atoms with van der Waals surface area (Å²) in [4.78, 5) is 28.9. The smallest absolute Gasteiger partial charge is 0.341 e. The van der Waals surface area contributed by atoms with Crippen LogP contribution in [0.15, 0.2) is 23.3 Å². The van der Waals surface area contributed by atoms with Crippen LogP contribution in [0.3, 0.4) is 0 Å². The summed E-state index contributed by atoms with van der Waals surface area (Å²) in [5.41, 5.74) is -0.00151. The van der Waals surface area contributed by atoms with Gasteiger partial charge in [0.15, 0.2) is 0 Å². The molecule has 0 fully saturated rings. The van der Waals surface area contributed by atoms with E-state index in [9.17, 15) is 9.59 Å². The molecule has 0 saturated heterocycles. The number of rotatable bonds is 1. The summed E-state index contributed by atoms with van der Waals surface area (Å²) in [6.07, 6.45) is 3.02. The van der Waals surface area contributed by atoms with Crippen LogP contribution in [0, 0.1) is 0 Å². The zero-order valence-electron chi connectivity index (χ0n) is 9.96. The van der Waals surface area contributed by atoms with E-state index in [1.165, 1.54) is 12.4 Å². The van der Waals surface area contributed by atoms with Crippen LogP contribution in [0.25, 0.3) is 10.9 Å². The van der Waals surface area contributed by atoms with Crippen LogP contribution in [-0.4, -0.2) is 21.5 Å². The molecule has 0 atom stereocenters. The summed E-state index contributed by atoms with van der Waals surface area (Å²) in [7, 11) is 0. The minimum Gasteiger partial charge on any atom is -0.456 e. The van der Waals surface area contributed by atoms with Crippen LogP contribution in [0.5, 0.6) is 0 Å². The predicted octanol–water partition coefficient (Wildman–Crippen LogP) is 1.81. The molecule has 2 aromatic rings. The molecule has 5 nitrogen and oxygen atoms in total. The van der Waals surface area contributed by atoms with Crippen molar-refractivity contribution >= 4 is 16.9 Å². The molecular weight excluding hydrogens is 220 g/mol. The zero-order chi connectivity index (χ0) is 12.6. The van der Waals surface area contributed by atoms with E-state index in [1.807, 2.05) is 0 Å². The van der Waals surface area contributed by atoms with E-state index in [0.29, 0.717) is 10.9 Å². The molecule has 2 aromatic heterocycles. The molecule has 90 valence electrons. The van der Waals surface area contributed by atoms with Gasteiger partial charge in [0, 0.05) is 12.4 Å². The first-order chi connectivity index (χ1) is 7.88. The number of ether oxygens (including phenoxy) is 1. The molecule has 0 bridgehead atoms. The molecule has 2 N–H and O–H groups in total. The molecule has 0 saturated carbocycles. The van der Waals surface area contributed by atoms with E-state index >= 15 is 0 Å². The minimum atomic E-state index is -0.581. The lowest BCUT2D eigenvalue weighted by Gasteiger charge is -2.18. The number of esters is 1. The third kappa shape index (κ3) is 2.22. The lowest BCUT2D eigenvalue weighted by atomic mass is 10.1. The summed E-state index contributed by atoms with van der Waals surface area (Å²) >= 11 is 0. The highest BCUT2D eigenvalue weighted by Gasteiger charge is 2.21. The second-order valence-corrected chi connectivity index (χ2v) is 4.80. The summed E-state index contributed by atoms with van der Waals surface area (Å²) in [6.45, 7) is 5.35. The van der Waals surface area contributed by atoms with Gasteiger partial charge in [0.25, 0.3) is 5.56 Å². The van der Waals surface area contributed by atoms with Crippen molar-refractivity contribution in [1.29, 1.82) is 0 Å². The maximum atomic E-state index is 11.9. The van der Waals surface area contributed by atoms with Crippen molar-refractivity contribution in [3.05, 3.63) is 34.4 Å². The van der Waals surface area contributed by atoms with Crippen LogP contribution in [0.4, 0.5) is 0 Å². The van der Waals surface area contributed by atoms with Gasteiger partial charge < -0.3 is 14.7 Å². The van der Waals surface area contributed by atoms with Crippen LogP contribution in [0.1, 0.15) is 31.1 Å². The van der Waals surface area contributed by atoms with Gasteiger partial charge in [-0.25, -0.2) is 4.79 Å². The molecule has 0 aliphatic rings. The molecule has 0 aromatic carbocycles. The van der Waals surface area contributed by atoms with Gasteiger partial charge in [0.1, 0.15) is 5.60 Å². The molecule has 0 aliphatic heterocycles. The van der Waals surface area contributed by atoms with Gasteiger partial charge in [-0.05, 0) is 26.8 Å². The Morgan fingerprint density at radius 3 is 2.65 bits per heavy atom. The number of aromatic nitrogens is 2. The molecular formula is C12H14N2O3. The Morgan fingerprint density at radius 1 is 1.29 bits per heavy atom. The van der Waals surface area contributed by atoms with Crippen LogP contribution < -0.4 is 5.56 Å². The van der Waals surface area contributed by atoms with Gasteiger partial charge in [-0.2, -0.15) is 0 Å². The lowest BCUT2D eigenvalue weighted by molar-refractivity contribution is 0.00718. The molecule has 2 heterocycles. The van der Waals surface area contributed by atoms with E-state index in [2.05, 4.69) is 9.97 Å². The normalized spacial score (nSPS) is 11.7. The van der Waals surface area contributed by atoms with E-state index in [0.717, 1.165) is 0 Å². The molecule has 0 aliphatic carbocycles. The Hall–Kier alpha value is -2.04. The largest absolute Gasteiger partial charge is 0.456 e. The number of hydrogen-bond donors (Lipinski definition) is 2. The van der Waals surface area contributed by atoms with Crippen LogP contribution >= 0.6 is 0 Å². The fourth-order valence-electron chi connectivity index (χ4n) is 1.58. The summed E-state index contributed by atoms with van der Waals surface area (Å²) in [6, 6.07) is 1.70. The van der Waals surface area contributed by atoms with Gasteiger partial charge in [0.05, 0.1) is 16.5 Å². The fourth-order valence-corrected chi connectivity index (χ4v) is 1.58. The lowest BCUT2D eigenvalue weighted by Crippen LogP contribution is -2.24. The van der Waals surface area contributed by atoms with Crippen LogP contribution in [0.2, 0.25) is 0 Å². The third-order valence-electron chi connectivity index (χ3n) is 2.22. The zero-order valence-corrected chi connectivity index (χ0v) is 9.96. The van der Waals surface area contributed by atoms with Gasteiger partial charge in [-0.15, -0.1) is 0 Å². The quantitative estimate of drug-likeness (QED) is 0.739. The number of H-pyrrole nitrogens is 2. The molecule has 5 heteroatoms. The van der Waals surface area contributed by atoms with Crippen LogP contribution in [-0.2, 0) is 4.74 Å². The van der Waals surface area contributed by atoms with Crippen molar-refractivity contribution in [2.45, 2.75) is 26.4 Å². The van der Waals surface area contributed by atoms with Gasteiger partial charge >= 0.3 is 5.97 Å². The number of aromatic amines is 2. The Labute approximate surface area is 97.8 Å². The molecule has 17 heavy (non-hydrogen) atoms. The highest BCUT2D eigenvalue weighted by Crippen LogP contribution is 2.17. The topological polar surface area (TPSA) is 75.0 Å². The predicted molar refractivity (Wildman–Crippen MR) is 64.1 cm³/mol. The Balaban J connectivity index is 2.50. The van der Waals surface area contributed by atoms with Gasteiger partial charge in [-0.1, -0.05) is 0 Å². The maximum absolute atomic E-state index is 11.9. The molecule has 2 rings (SSSR count). The number of pyridine rings is 1. The minimum absolute atomic E-state index is 0.261. The first-order valence-electron chi connectivity index (χ1n) is 5.30. The highest BCUT2D eigenvalue weighted by atomic mass is 16.6. The maximum Gasteiger partial charge on any atom is 0.341 e. The Morgan fingerprint density at radius 2 is 2.00 bits per heavy atom. The monoisotopic (exact) mass is 234 g/mol. The molecule has 0 radical (unpaired) electrons. The standard InChI is InChI=1S/C12H14N2O3/c1-12(2,3)17-11(16)7-6-14-8-4-5-13-10(15)9(7)8/h4-6,14H,1-3H3,(H,13,15). The summed E-state index contributed by atoms with van der Waals surface area (Å²) in [5, 5.41) is 0.335. The van der Waals surface area contributed by atoms with Crippen molar-refractivity contribution in [3.8, 4) is 0 Å². The Kier molecular flexibility index (Phi) is 2.53. The van der Waals surface area contributed by atoms with Gasteiger partial charge in [0.2, 0.25) is 0 Å². The summed E-state index contributed by atoms with van der Waals surface area (Å²) < 4.78 is 5.23. The SMILES string of the molecule is CC(C)(C)OC(=O)c1c[nH]c2cc[nH]c(=O)c12. The van der Waals surface area contributed by atoms with Crippen molar-refractivity contribution in [3.63, 3.8) is 0 Å². The second kappa shape index (κ2) is 3.76. The average Bonchev–Trinajstić information content (AvgIpc) is 2.60. The molecule has 0 unspecified atom stereocenters. The van der Waals surface area contributed by atoms with E-state index < -0.39 is 11.6 Å². The highest BCUT2D eigenvalue weighted by molar-refractivity contribution is 6.03. The van der Waals surface area contributed by atoms with E-state index in [1.54, 1.807) is 26.8 Å². The second-order valence-electron chi connectivity index (χ2n) is 4.80. The molecule has 0 amide bonds. The summed E-state index contributed by atoms with van der Waals surface area (Å²) in [5.74, 6) is -0.500. The first-order valence-corrected chi connectivity index (χ1v) is 5.30. The average molecular weight is 234 g/mol. The Bertz CT molecular complexity index is 616. The number of carbonyl (C=O) groups excluding carboxylic acids is 1. The number of carbonyl (C=O) groups is 1. The van der Waals surface area contributed by atoms with E-state index in [4.69, 9.17) is 4.74 Å². The van der Waals surface area contributed by atoms with Crippen molar-refractivity contribution < 1.29 is 9.53 Å². The first kappa shape index (κ1) is 11.4. The van der Waals surface area contributed by atoms with E-state index in [-0.39, 0.29) is 11.1 Å². The number of nitrogens with one attached hydrogen (secondary N) is 2. The number of fused-ring (bicyclic) bond motifs is 1. The van der Waals surface area contributed by atoms with Crippen molar-refractivity contribution in [1.82, 2.24) is 9.97 Å². The molecule has 0 spiro atoms.